The van der Waals surface area contributed by atoms with E-state index in [1.165, 1.54) is 18.6 Å². The predicted molar refractivity (Wildman–Crippen MR) is 113 cm³/mol. The number of rotatable bonds is 13. The summed E-state index contributed by atoms with van der Waals surface area (Å²) < 4.78 is 5.77. The van der Waals surface area contributed by atoms with Crippen molar-refractivity contribution in [2.45, 2.75) is 65.7 Å². The second-order valence-electron chi connectivity index (χ2n) is 6.69. The van der Waals surface area contributed by atoms with Crippen LogP contribution in [0.5, 0.6) is 0 Å². The molecule has 6 heteroatoms. The van der Waals surface area contributed by atoms with Crippen LogP contribution in [0.4, 0.5) is 4.79 Å². The fourth-order valence-corrected chi connectivity index (χ4v) is 3.95. The zero-order valence-electron chi connectivity index (χ0n) is 16.5. The topological polar surface area (TPSA) is 50.4 Å². The van der Waals surface area contributed by atoms with Gasteiger partial charge in [0.15, 0.2) is 0 Å². The van der Waals surface area contributed by atoms with E-state index in [1.54, 1.807) is 0 Å². The van der Waals surface area contributed by atoms with Crippen molar-refractivity contribution in [1.29, 1.82) is 0 Å². The molecule has 0 bridgehead atoms. The van der Waals surface area contributed by atoms with Gasteiger partial charge in [0, 0.05) is 24.8 Å². The second kappa shape index (κ2) is 16.9. The lowest BCUT2D eigenvalue weighted by Gasteiger charge is -2.12. The van der Waals surface area contributed by atoms with Crippen molar-refractivity contribution in [3.05, 3.63) is 0 Å². The van der Waals surface area contributed by atoms with Gasteiger partial charge in [0.2, 0.25) is 0 Å². The third-order valence-electron chi connectivity index (χ3n) is 3.15. The van der Waals surface area contributed by atoms with Crippen LogP contribution in [0.2, 0.25) is 0 Å². The van der Waals surface area contributed by atoms with Gasteiger partial charge in [0.1, 0.15) is 5.44 Å². The van der Waals surface area contributed by atoms with Crippen molar-refractivity contribution in [3.63, 3.8) is 0 Å². The molecule has 0 radical (unpaired) electrons. The van der Waals surface area contributed by atoms with Gasteiger partial charge >= 0.3 is 6.03 Å². The van der Waals surface area contributed by atoms with Crippen molar-refractivity contribution >= 4 is 27.6 Å². The first kappa shape index (κ1) is 24.5. The van der Waals surface area contributed by atoms with Crippen LogP contribution in [0.3, 0.4) is 0 Å². The summed E-state index contributed by atoms with van der Waals surface area (Å²) in [6.07, 6.45) is 4.45. The number of hydrogen-bond acceptors (Lipinski definition) is 4. The fourth-order valence-electron chi connectivity index (χ4n) is 1.84. The number of hydrogen-bond donors (Lipinski definition) is 2. The molecule has 2 amide bonds. The molecule has 4 nitrogen and oxygen atoms in total. The van der Waals surface area contributed by atoms with Crippen molar-refractivity contribution in [3.8, 4) is 11.8 Å². The molecule has 0 aromatic carbocycles. The number of carbonyl (C=O) groups excluding carboxylic acids is 1. The van der Waals surface area contributed by atoms with Crippen LogP contribution in [0.25, 0.3) is 0 Å². The predicted octanol–water partition coefficient (Wildman–Crippen LogP) is 4.91. The van der Waals surface area contributed by atoms with Gasteiger partial charge in [-0.25, -0.2) is 4.79 Å². The largest absolute Gasteiger partial charge is 0.367 e. The summed E-state index contributed by atoms with van der Waals surface area (Å²) >= 11 is 0. The zero-order valence-corrected chi connectivity index (χ0v) is 18.2. The van der Waals surface area contributed by atoms with Crippen LogP contribution in [-0.4, -0.2) is 36.9 Å². The molecule has 0 aliphatic rings. The van der Waals surface area contributed by atoms with Crippen LogP contribution in [-0.2, 0) is 4.74 Å². The number of nitrogens with one attached hydrogen (secondary N) is 2. The van der Waals surface area contributed by atoms with Crippen LogP contribution in [0.1, 0.15) is 60.3 Å². The molecule has 0 spiro atoms. The summed E-state index contributed by atoms with van der Waals surface area (Å²) in [5.41, 5.74) is 0.222. The number of unbranched alkanes of at least 4 members (excludes halogenated alkanes) is 1. The monoisotopic (exact) mass is 388 g/mol. The Kier molecular flexibility index (Phi) is 16.6. The molecule has 0 heterocycles. The molecule has 0 unspecified atom stereocenters. The highest BCUT2D eigenvalue weighted by Gasteiger charge is 2.04. The Morgan fingerprint density at radius 2 is 1.84 bits per heavy atom. The van der Waals surface area contributed by atoms with E-state index in [-0.39, 0.29) is 11.5 Å². The highest BCUT2D eigenvalue weighted by molar-refractivity contribution is 8.76. The maximum atomic E-state index is 11.5. The molecule has 0 saturated heterocycles. The molecule has 0 saturated carbocycles. The van der Waals surface area contributed by atoms with E-state index in [1.807, 2.05) is 35.4 Å². The lowest BCUT2D eigenvalue weighted by molar-refractivity contribution is 0.121. The summed E-state index contributed by atoms with van der Waals surface area (Å²) in [6.45, 7) is 12.5. The molecule has 0 rings (SSSR count). The first-order chi connectivity index (χ1) is 11.9. The molecular weight excluding hydrogens is 352 g/mol. The Bertz CT molecular complexity index is 393. The maximum absolute atomic E-state index is 11.5. The van der Waals surface area contributed by atoms with Gasteiger partial charge in [-0.1, -0.05) is 67.5 Å². The van der Waals surface area contributed by atoms with Crippen LogP contribution < -0.4 is 10.6 Å². The molecule has 0 aromatic heterocycles. The minimum Gasteiger partial charge on any atom is -0.367 e. The molecule has 2 N–H and O–H groups in total. The smallest absolute Gasteiger partial charge is 0.315 e. The van der Waals surface area contributed by atoms with Gasteiger partial charge in [-0.3, -0.25) is 0 Å². The second-order valence-corrected chi connectivity index (χ2v) is 9.47. The van der Waals surface area contributed by atoms with Gasteiger partial charge in [0.25, 0.3) is 0 Å². The van der Waals surface area contributed by atoms with Gasteiger partial charge in [-0.2, -0.15) is 0 Å². The highest BCUT2D eigenvalue weighted by atomic mass is 33.1. The minimum absolute atomic E-state index is 0.152. The van der Waals surface area contributed by atoms with Gasteiger partial charge in [-0.15, -0.1) is 0 Å². The van der Waals surface area contributed by atoms with E-state index in [2.05, 4.69) is 43.2 Å². The van der Waals surface area contributed by atoms with Gasteiger partial charge in [-0.05, 0) is 32.1 Å². The summed E-state index contributed by atoms with van der Waals surface area (Å²) in [4.78, 5) is 11.5. The van der Waals surface area contributed by atoms with Crippen molar-refractivity contribution < 1.29 is 9.53 Å². The standard InChI is InChI=1S/C19H36N2O2S2/c1-16(2)10-8-13-21-19(22)20-12-6-7-14-23-18(5)25-24-15-9-11-17(3)4/h16-18H,6-7,9,11-15H2,1-5H3,(H2,20,21,22)/t18-/m0/s1. The number of carbonyl (C=O) groups is 1. The molecule has 25 heavy (non-hydrogen) atoms. The van der Waals surface area contributed by atoms with E-state index >= 15 is 0 Å². The summed E-state index contributed by atoms with van der Waals surface area (Å²) in [5, 5.41) is 5.56. The molecule has 0 aromatic rings. The quantitative estimate of drug-likeness (QED) is 0.204. The molecule has 0 aliphatic carbocycles. The number of ether oxygens (including phenoxy) is 1. The highest BCUT2D eigenvalue weighted by Crippen LogP contribution is 2.28. The molecule has 1 atom stereocenters. The first-order valence-electron chi connectivity index (χ1n) is 9.31. The Hall–Kier alpha value is -0.510. The van der Waals surface area contributed by atoms with Crippen LogP contribution >= 0.6 is 21.6 Å². The van der Waals surface area contributed by atoms with E-state index in [9.17, 15) is 4.79 Å². The average Bonchev–Trinajstić information content (AvgIpc) is 2.54. The first-order valence-corrected chi connectivity index (χ1v) is 11.7. The van der Waals surface area contributed by atoms with E-state index < -0.39 is 0 Å². The normalized spacial score (nSPS) is 12.0. The van der Waals surface area contributed by atoms with Crippen molar-refractivity contribution in [2.24, 2.45) is 11.8 Å². The Balaban J connectivity index is 3.39. The van der Waals surface area contributed by atoms with E-state index in [0.29, 0.717) is 19.0 Å². The molecule has 146 valence electrons. The lowest BCUT2D eigenvalue weighted by Crippen LogP contribution is -2.36. The average molecular weight is 389 g/mol. The third kappa shape index (κ3) is 19.7. The Labute approximate surface area is 162 Å². The summed E-state index contributed by atoms with van der Waals surface area (Å²) in [7, 11) is 3.71. The fraction of sp³-hybridized carbons (Fsp3) is 0.842. The molecule has 0 aliphatic heterocycles. The van der Waals surface area contributed by atoms with Gasteiger partial charge < -0.3 is 15.4 Å². The summed E-state index contributed by atoms with van der Waals surface area (Å²) in [6, 6.07) is -0.152. The van der Waals surface area contributed by atoms with Crippen molar-refractivity contribution in [2.75, 3.05) is 25.4 Å². The van der Waals surface area contributed by atoms with Gasteiger partial charge in [0.05, 0.1) is 6.54 Å². The minimum atomic E-state index is -0.152. The lowest BCUT2D eigenvalue weighted by atomic mass is 10.1. The SMILES string of the molecule is CC(C)C#CCNC(=O)NCCCCO[C@H](C)SSCCCC(C)C. The van der Waals surface area contributed by atoms with Crippen LogP contribution in [0.15, 0.2) is 0 Å². The van der Waals surface area contributed by atoms with E-state index in [0.717, 1.165) is 25.4 Å². The Morgan fingerprint density at radius 1 is 1.08 bits per heavy atom. The Morgan fingerprint density at radius 3 is 2.52 bits per heavy atom. The molecule has 0 fully saturated rings. The zero-order chi connectivity index (χ0) is 18.9. The number of urea groups is 1. The third-order valence-corrected chi connectivity index (χ3v) is 5.87. The number of amides is 2. The summed E-state index contributed by atoms with van der Waals surface area (Å²) in [5.74, 6) is 8.25. The maximum Gasteiger partial charge on any atom is 0.315 e. The van der Waals surface area contributed by atoms with E-state index in [4.69, 9.17) is 4.74 Å². The molecular formula is C19H36N2O2S2. The van der Waals surface area contributed by atoms with Crippen LogP contribution in [0, 0.1) is 23.7 Å². The van der Waals surface area contributed by atoms with Crippen molar-refractivity contribution in [1.82, 2.24) is 10.6 Å².